The molecule has 1 aromatic heterocycles. The molecule has 2 nitrogen and oxygen atoms in total. The lowest BCUT2D eigenvalue weighted by Gasteiger charge is -2.08. The lowest BCUT2D eigenvalue weighted by atomic mass is 9.99. The molecule has 0 aliphatic rings. The molecule has 0 saturated carbocycles. The smallest absolute Gasteiger partial charge is 0.219 e. The van der Waals surface area contributed by atoms with Gasteiger partial charge in [0, 0.05) is 17.6 Å². The van der Waals surface area contributed by atoms with Crippen molar-refractivity contribution in [1.29, 1.82) is 0 Å². The Bertz CT molecular complexity index is 1230. The van der Waals surface area contributed by atoms with E-state index in [4.69, 9.17) is 4.74 Å². The molecule has 0 atom stereocenters. The predicted octanol–water partition coefficient (Wildman–Crippen LogP) is 6.85. The van der Waals surface area contributed by atoms with Gasteiger partial charge in [-0.25, -0.2) is 4.98 Å². The van der Waals surface area contributed by atoms with Crippen molar-refractivity contribution in [3.05, 3.63) is 103 Å². The fourth-order valence-corrected chi connectivity index (χ4v) is 3.35. The lowest BCUT2D eigenvalue weighted by Crippen LogP contribution is -1.88. The Morgan fingerprint density at radius 3 is 2.04 bits per heavy atom. The van der Waals surface area contributed by atoms with Crippen LogP contribution in [-0.2, 0) is 0 Å². The molecule has 0 saturated heterocycles. The van der Waals surface area contributed by atoms with Crippen LogP contribution in [0.25, 0.3) is 32.7 Å². The molecule has 0 aliphatic carbocycles. The fourth-order valence-electron chi connectivity index (χ4n) is 3.35. The molecule has 0 radical (unpaired) electrons. The van der Waals surface area contributed by atoms with Crippen LogP contribution in [0.1, 0.15) is 0 Å². The van der Waals surface area contributed by atoms with Gasteiger partial charge in [-0.1, -0.05) is 60.7 Å². The van der Waals surface area contributed by atoms with Gasteiger partial charge in [-0.2, -0.15) is 0 Å². The van der Waals surface area contributed by atoms with Crippen molar-refractivity contribution in [3.8, 4) is 22.8 Å². The van der Waals surface area contributed by atoms with Crippen molar-refractivity contribution in [2.75, 3.05) is 0 Å². The topological polar surface area (TPSA) is 22.1 Å². The molecule has 5 aromatic rings. The summed E-state index contributed by atoms with van der Waals surface area (Å²) in [6.45, 7) is 0. The van der Waals surface area contributed by atoms with Crippen LogP contribution in [0.5, 0.6) is 11.6 Å². The molecule has 5 rings (SSSR count). The van der Waals surface area contributed by atoms with Gasteiger partial charge in [0.15, 0.2) is 0 Å². The predicted molar refractivity (Wildman–Crippen MR) is 111 cm³/mol. The maximum absolute atomic E-state index is 5.88. The second kappa shape index (κ2) is 6.58. The standard InChI is InChI=1S/C25H17NO/c1-3-7-18(8-4-1)19-11-12-20-14-23-17-26-25(16-22(23)15-21(20)13-19)27-24-9-5-2-6-10-24/h1-17H. The second-order valence-electron chi connectivity index (χ2n) is 6.56. The summed E-state index contributed by atoms with van der Waals surface area (Å²) in [5.41, 5.74) is 2.44. The summed E-state index contributed by atoms with van der Waals surface area (Å²) in [5.74, 6) is 1.39. The molecule has 0 aliphatic heterocycles. The highest BCUT2D eigenvalue weighted by Gasteiger charge is 2.05. The summed E-state index contributed by atoms with van der Waals surface area (Å²) in [4.78, 5) is 4.45. The highest BCUT2D eigenvalue weighted by molar-refractivity contribution is 5.99. The number of para-hydroxylation sites is 1. The number of aromatic nitrogens is 1. The Labute approximate surface area is 157 Å². The van der Waals surface area contributed by atoms with E-state index in [1.165, 1.54) is 21.9 Å². The lowest BCUT2D eigenvalue weighted by molar-refractivity contribution is 0.464. The number of pyridine rings is 1. The van der Waals surface area contributed by atoms with E-state index in [2.05, 4.69) is 59.6 Å². The Morgan fingerprint density at radius 2 is 1.22 bits per heavy atom. The van der Waals surface area contributed by atoms with Gasteiger partial charge in [-0.15, -0.1) is 0 Å². The number of fused-ring (bicyclic) bond motifs is 2. The van der Waals surface area contributed by atoms with Gasteiger partial charge in [0.2, 0.25) is 5.88 Å². The Balaban J connectivity index is 1.58. The molecule has 0 unspecified atom stereocenters. The van der Waals surface area contributed by atoms with E-state index in [1.807, 2.05) is 48.7 Å². The molecule has 2 heteroatoms. The minimum atomic E-state index is 0.604. The van der Waals surface area contributed by atoms with Crippen molar-refractivity contribution >= 4 is 21.5 Å². The van der Waals surface area contributed by atoms with Crippen LogP contribution in [0, 0.1) is 0 Å². The van der Waals surface area contributed by atoms with E-state index >= 15 is 0 Å². The summed E-state index contributed by atoms with van der Waals surface area (Å²) < 4.78 is 5.88. The van der Waals surface area contributed by atoms with Gasteiger partial charge in [0.25, 0.3) is 0 Å². The van der Waals surface area contributed by atoms with Crippen LogP contribution in [-0.4, -0.2) is 4.98 Å². The molecule has 0 bridgehead atoms. The van der Waals surface area contributed by atoms with Crippen molar-refractivity contribution in [3.63, 3.8) is 0 Å². The molecule has 27 heavy (non-hydrogen) atoms. The fraction of sp³-hybridized carbons (Fsp3) is 0. The molecule has 0 spiro atoms. The summed E-state index contributed by atoms with van der Waals surface area (Å²) >= 11 is 0. The van der Waals surface area contributed by atoms with Crippen LogP contribution in [0.15, 0.2) is 103 Å². The number of rotatable bonds is 3. The number of ether oxygens (including phenoxy) is 1. The van der Waals surface area contributed by atoms with Gasteiger partial charge in [0.1, 0.15) is 5.75 Å². The SMILES string of the molecule is c1ccc(Oc2cc3cc4cc(-c5ccccc5)ccc4cc3cn2)cc1. The number of hydrogen-bond donors (Lipinski definition) is 0. The zero-order valence-electron chi connectivity index (χ0n) is 14.7. The average molecular weight is 347 g/mol. The van der Waals surface area contributed by atoms with E-state index < -0.39 is 0 Å². The van der Waals surface area contributed by atoms with E-state index in [1.54, 1.807) is 0 Å². The number of hydrogen-bond acceptors (Lipinski definition) is 2. The van der Waals surface area contributed by atoms with E-state index in [9.17, 15) is 0 Å². The van der Waals surface area contributed by atoms with Crippen LogP contribution < -0.4 is 4.74 Å². The minimum absolute atomic E-state index is 0.604. The molecule has 128 valence electrons. The molecule has 0 fully saturated rings. The van der Waals surface area contributed by atoms with Crippen molar-refractivity contribution in [2.45, 2.75) is 0 Å². The zero-order chi connectivity index (χ0) is 18.1. The van der Waals surface area contributed by atoms with Gasteiger partial charge in [0.05, 0.1) is 0 Å². The first-order valence-corrected chi connectivity index (χ1v) is 8.97. The summed E-state index contributed by atoms with van der Waals surface area (Å²) in [5, 5.41) is 4.64. The minimum Gasteiger partial charge on any atom is -0.439 e. The zero-order valence-corrected chi connectivity index (χ0v) is 14.7. The Morgan fingerprint density at radius 1 is 0.519 bits per heavy atom. The molecule has 1 heterocycles. The van der Waals surface area contributed by atoms with Crippen molar-refractivity contribution in [1.82, 2.24) is 4.98 Å². The van der Waals surface area contributed by atoms with Crippen LogP contribution >= 0.6 is 0 Å². The van der Waals surface area contributed by atoms with Crippen LogP contribution in [0.2, 0.25) is 0 Å². The van der Waals surface area contributed by atoms with Gasteiger partial charge in [-0.3, -0.25) is 0 Å². The number of benzene rings is 4. The third-order valence-electron chi connectivity index (χ3n) is 4.72. The van der Waals surface area contributed by atoms with Crippen molar-refractivity contribution < 1.29 is 4.74 Å². The molecule has 0 amide bonds. The molecule has 4 aromatic carbocycles. The van der Waals surface area contributed by atoms with Gasteiger partial charge >= 0.3 is 0 Å². The first-order valence-electron chi connectivity index (χ1n) is 8.97. The van der Waals surface area contributed by atoms with Gasteiger partial charge in [-0.05, 0) is 57.6 Å². The highest BCUT2D eigenvalue weighted by Crippen LogP contribution is 2.30. The number of nitrogens with zero attached hydrogens (tertiary/aromatic N) is 1. The molecular formula is C25H17NO. The third-order valence-corrected chi connectivity index (χ3v) is 4.72. The van der Waals surface area contributed by atoms with E-state index in [0.717, 1.165) is 16.5 Å². The Hall–Kier alpha value is -3.65. The molecule has 0 N–H and O–H groups in total. The summed E-state index contributed by atoms with van der Waals surface area (Å²) in [7, 11) is 0. The molecular weight excluding hydrogens is 330 g/mol. The first-order chi connectivity index (χ1) is 13.3. The average Bonchev–Trinajstić information content (AvgIpc) is 2.73. The Kier molecular flexibility index (Phi) is 3.80. The van der Waals surface area contributed by atoms with Crippen molar-refractivity contribution in [2.24, 2.45) is 0 Å². The van der Waals surface area contributed by atoms with Crippen LogP contribution in [0.4, 0.5) is 0 Å². The maximum atomic E-state index is 5.88. The summed E-state index contributed by atoms with van der Waals surface area (Å²) in [6.07, 6.45) is 1.87. The van der Waals surface area contributed by atoms with Gasteiger partial charge < -0.3 is 4.74 Å². The summed E-state index contributed by atoms with van der Waals surface area (Å²) in [6, 6.07) is 33.1. The normalized spacial score (nSPS) is 11.0. The third kappa shape index (κ3) is 3.13. The largest absolute Gasteiger partial charge is 0.439 e. The highest BCUT2D eigenvalue weighted by atomic mass is 16.5. The van der Waals surface area contributed by atoms with Crippen LogP contribution in [0.3, 0.4) is 0 Å². The first kappa shape index (κ1) is 15.6. The van der Waals surface area contributed by atoms with E-state index in [0.29, 0.717) is 5.88 Å². The van der Waals surface area contributed by atoms with E-state index in [-0.39, 0.29) is 0 Å². The second-order valence-corrected chi connectivity index (χ2v) is 6.56. The quantitative estimate of drug-likeness (QED) is 0.333. The maximum Gasteiger partial charge on any atom is 0.219 e. The monoisotopic (exact) mass is 347 g/mol.